The van der Waals surface area contributed by atoms with Crippen molar-refractivity contribution in [2.45, 2.75) is 305 Å². The second kappa shape index (κ2) is 377. The molecular weight excluding hydrogens is 1100 g/mol. The maximum Gasteiger partial charge on any atom is 0.213 e. The standard InChI is InChI=1S/C4H5N.C4H4O.C4H4S.C3H4N2.C3H3NO.C3H3NS.C2H2N2O.C2H2N2S.22C2H6/c3*1-2-4-5-3-1;3*1-2-5-3-4-1;2*1-3-2-5-4-1;22*1-2/h1-5H;2*1-4H;1-3H,(H,4,5);2*1-3H;2*1-2H;22*1-2H3. The lowest BCUT2D eigenvalue weighted by atomic mass is 10.7. The van der Waals surface area contributed by atoms with E-state index in [4.69, 9.17) is 0 Å². The summed E-state index contributed by atoms with van der Waals surface area (Å²) in [7, 11) is 0. The van der Waals surface area contributed by atoms with Crippen molar-refractivity contribution in [3.63, 3.8) is 0 Å². The van der Waals surface area contributed by atoms with Gasteiger partial charge in [-0.2, -0.15) is 15.7 Å². The van der Waals surface area contributed by atoms with Gasteiger partial charge in [0.15, 0.2) is 12.7 Å². The van der Waals surface area contributed by atoms with Crippen LogP contribution in [0.2, 0.25) is 0 Å². The zero-order valence-electron chi connectivity index (χ0n) is 65.0. The van der Waals surface area contributed by atoms with Crippen LogP contribution in [0.5, 0.6) is 0 Å². The van der Waals surface area contributed by atoms with Crippen LogP contribution in [0.4, 0.5) is 0 Å². The lowest BCUT2D eigenvalue weighted by Crippen LogP contribution is -1.44. The highest BCUT2D eigenvalue weighted by molar-refractivity contribution is 7.07. The van der Waals surface area contributed by atoms with Gasteiger partial charge in [0.2, 0.25) is 6.39 Å². The summed E-state index contributed by atoms with van der Waals surface area (Å²) in [4.78, 5) is 23.6. The molecule has 0 aliphatic carbocycles. The number of imidazole rings is 1. The van der Waals surface area contributed by atoms with E-state index in [1.165, 1.54) is 43.2 Å². The molecule has 516 valence electrons. The summed E-state index contributed by atoms with van der Waals surface area (Å²) in [5, 5.41) is 9.25. The number of rotatable bonds is 0. The third-order valence-electron chi connectivity index (χ3n) is 3.01. The van der Waals surface area contributed by atoms with Crippen molar-refractivity contribution in [1.29, 1.82) is 0 Å². The molecule has 0 atom stereocenters. The molecule has 0 spiro atoms. The van der Waals surface area contributed by atoms with Crippen molar-refractivity contribution < 1.29 is 13.4 Å². The summed E-state index contributed by atoms with van der Waals surface area (Å²) in [6.07, 6.45) is 22.4. The molecule has 0 aromatic carbocycles. The Kier molecular flexibility index (Phi) is 665. The highest BCUT2D eigenvalue weighted by Crippen LogP contribution is 1.91. The molecule has 0 aliphatic heterocycles. The number of thiazole rings is 1. The molecule has 0 radical (unpaired) electrons. The first kappa shape index (κ1) is 148. The Morgan fingerprint density at radius 3 is 0.786 bits per heavy atom. The Hall–Kier alpha value is -4.99. The molecule has 12 nitrogen and oxygen atoms in total. The van der Waals surface area contributed by atoms with Crippen LogP contribution in [0, 0.1) is 0 Å². The number of hydrogen-bond donors (Lipinski definition) is 2. The van der Waals surface area contributed by atoms with Crippen molar-refractivity contribution in [3.05, 3.63) is 151 Å². The second-order valence-corrected chi connectivity index (χ2v) is 7.95. The van der Waals surface area contributed by atoms with E-state index >= 15 is 0 Å². The van der Waals surface area contributed by atoms with Gasteiger partial charge in [0.25, 0.3) is 0 Å². The summed E-state index contributed by atoms with van der Waals surface area (Å²) in [6, 6.07) is 11.6. The van der Waals surface area contributed by atoms with E-state index in [0.29, 0.717) is 0 Å². The third-order valence-corrected chi connectivity index (χ3v) is 4.60. The van der Waals surface area contributed by atoms with Gasteiger partial charge in [0.05, 0.1) is 30.6 Å². The zero-order valence-corrected chi connectivity index (χ0v) is 67.5. The number of nitrogens with one attached hydrogen (secondary N) is 2. The number of oxazole rings is 1. The van der Waals surface area contributed by atoms with Gasteiger partial charge in [-0.3, -0.25) is 4.98 Å². The van der Waals surface area contributed by atoms with Gasteiger partial charge >= 0.3 is 0 Å². The lowest BCUT2D eigenvalue weighted by molar-refractivity contribution is 0.416. The number of H-pyrrole nitrogens is 2. The summed E-state index contributed by atoms with van der Waals surface area (Å²) in [5.74, 6) is 0. The third kappa shape index (κ3) is 363. The van der Waals surface area contributed by atoms with Gasteiger partial charge in [0.1, 0.15) is 18.1 Å². The predicted molar refractivity (Wildman–Crippen MR) is 405 cm³/mol. The smallest absolute Gasteiger partial charge is 0.213 e. The van der Waals surface area contributed by atoms with Crippen LogP contribution in [0.15, 0.2) is 165 Å². The molecule has 0 bridgehead atoms. The average molecular weight is 1260 g/mol. The molecular formula is C69H159N9O3S3. The summed E-state index contributed by atoms with van der Waals surface area (Å²) in [5.41, 5.74) is 3.47. The number of aromatic amines is 2. The van der Waals surface area contributed by atoms with E-state index in [1.807, 2.05) is 370 Å². The quantitative estimate of drug-likeness (QED) is 0.150. The molecule has 84 heavy (non-hydrogen) atoms. The zero-order chi connectivity index (χ0) is 72.3. The van der Waals surface area contributed by atoms with Crippen molar-refractivity contribution in [1.82, 2.24) is 44.4 Å². The van der Waals surface area contributed by atoms with E-state index in [9.17, 15) is 0 Å². The van der Waals surface area contributed by atoms with E-state index in [-0.39, 0.29) is 0 Å². The van der Waals surface area contributed by atoms with Crippen LogP contribution in [0.3, 0.4) is 0 Å². The first-order valence-electron chi connectivity index (χ1n) is 33.0. The van der Waals surface area contributed by atoms with Gasteiger partial charge in [-0.25, -0.2) is 19.9 Å². The molecule has 0 fully saturated rings. The summed E-state index contributed by atoms with van der Waals surface area (Å²) in [6.45, 7) is 88.0. The van der Waals surface area contributed by atoms with E-state index < -0.39 is 0 Å². The van der Waals surface area contributed by atoms with Crippen LogP contribution in [-0.4, -0.2) is 44.4 Å². The van der Waals surface area contributed by atoms with Gasteiger partial charge in [0, 0.05) is 36.4 Å². The van der Waals surface area contributed by atoms with Gasteiger partial charge in [-0.15, -0.1) is 11.3 Å². The predicted octanol–water partition coefficient (Wildman–Crippen LogP) is 29.5. The Morgan fingerprint density at radius 2 is 0.690 bits per heavy atom. The number of nitrogens with zero attached hydrogens (tertiary/aromatic N) is 7. The fraction of sp³-hybridized carbons (Fsp3) is 0.638. The molecule has 0 unspecified atom stereocenters. The first-order valence-corrected chi connectivity index (χ1v) is 35.7. The normalized spacial score (nSPS) is 5.38. The fourth-order valence-electron chi connectivity index (χ4n) is 1.57. The molecule has 8 heterocycles. The van der Waals surface area contributed by atoms with Gasteiger partial charge in [-0.1, -0.05) is 322 Å². The molecule has 8 aromatic rings. The Balaban J connectivity index is -0.0000000240. The Labute approximate surface area is 544 Å². The van der Waals surface area contributed by atoms with E-state index in [0.717, 1.165) is 0 Å². The second-order valence-electron chi connectivity index (χ2n) is 5.74. The Bertz CT molecular complexity index is 845. The molecule has 15 heteroatoms. The van der Waals surface area contributed by atoms with Crippen LogP contribution in [-0.2, 0) is 0 Å². The maximum absolute atomic E-state index is 4.58. The minimum Gasteiger partial charge on any atom is -0.473 e. The molecule has 0 amide bonds. The number of hydrogen-bond acceptors (Lipinski definition) is 13. The monoisotopic (exact) mass is 1260 g/mol. The van der Waals surface area contributed by atoms with Gasteiger partial charge < -0.3 is 23.3 Å². The highest BCUT2D eigenvalue weighted by atomic mass is 32.1. The van der Waals surface area contributed by atoms with Gasteiger partial charge in [-0.05, 0) is 46.6 Å². The van der Waals surface area contributed by atoms with Crippen molar-refractivity contribution in [2.75, 3.05) is 0 Å². The molecule has 8 rings (SSSR count). The van der Waals surface area contributed by atoms with Crippen LogP contribution < -0.4 is 0 Å². The van der Waals surface area contributed by atoms with Crippen LogP contribution in [0.1, 0.15) is 305 Å². The van der Waals surface area contributed by atoms with E-state index in [2.05, 4.69) is 57.8 Å². The molecule has 2 N–H and O–H groups in total. The topological polar surface area (TPSA) is 161 Å². The average Bonchev–Trinajstić information content (AvgIpc) is 4.50. The largest absolute Gasteiger partial charge is 0.473 e. The fourth-order valence-corrected chi connectivity index (χ4v) is 2.65. The molecule has 0 saturated carbocycles. The summed E-state index contributed by atoms with van der Waals surface area (Å²) >= 11 is 4.67. The minimum atomic E-state index is 1.26. The van der Waals surface area contributed by atoms with Crippen molar-refractivity contribution >= 4 is 34.2 Å². The van der Waals surface area contributed by atoms with E-state index in [1.54, 1.807) is 77.3 Å². The number of thiophene rings is 1. The molecule has 8 aromatic heterocycles. The first-order chi connectivity index (χ1) is 42.0. The van der Waals surface area contributed by atoms with Crippen LogP contribution in [0.25, 0.3) is 0 Å². The number of furan rings is 1. The minimum absolute atomic E-state index is 1.26. The molecule has 0 aliphatic rings. The summed E-state index contributed by atoms with van der Waals surface area (Å²) < 4.78 is 16.9. The van der Waals surface area contributed by atoms with Crippen molar-refractivity contribution in [3.8, 4) is 0 Å². The highest BCUT2D eigenvalue weighted by Gasteiger charge is 1.63. The van der Waals surface area contributed by atoms with Crippen LogP contribution >= 0.6 is 34.2 Å². The number of aromatic nitrogens is 9. The Morgan fingerprint density at radius 1 is 0.286 bits per heavy atom. The lowest BCUT2D eigenvalue weighted by Gasteiger charge is -1.50. The SMILES string of the molecule is CC.CC.CC.CC.CC.CC.CC.CC.CC.CC.CC.CC.CC.CC.CC.CC.CC.CC.CC.CC.CC.CC.c1c[nH]cn1.c1cc[nH]c1.c1ccoc1.c1ccsc1.c1cocn1.c1cscn1.c1ncon1.c1ncsn1. The van der Waals surface area contributed by atoms with Crippen molar-refractivity contribution in [2.24, 2.45) is 0 Å². The maximum atomic E-state index is 4.58. The molecule has 0 saturated heterocycles.